The van der Waals surface area contributed by atoms with Gasteiger partial charge in [-0.15, -0.1) is 0 Å². The number of aryl methyl sites for hydroxylation is 2. The minimum absolute atomic E-state index is 0.0832. The number of hydrogen-bond acceptors (Lipinski definition) is 4. The Labute approximate surface area is 258 Å². The highest BCUT2D eigenvalue weighted by Gasteiger charge is 2.31. The lowest BCUT2D eigenvalue weighted by atomic mass is 9.98. The van der Waals surface area contributed by atoms with E-state index in [4.69, 9.17) is 9.47 Å². The zero-order chi connectivity index (χ0) is 30.5. The molecule has 5 heteroatoms. The van der Waals surface area contributed by atoms with Gasteiger partial charge in [0.1, 0.15) is 12.6 Å². The predicted octanol–water partition coefficient (Wildman–Crippen LogP) is 8.09. The third-order valence-corrected chi connectivity index (χ3v) is 8.20. The quantitative estimate of drug-likeness (QED) is 0.179. The molecule has 0 aliphatic heterocycles. The summed E-state index contributed by atoms with van der Waals surface area (Å²) >= 11 is 0. The van der Waals surface area contributed by atoms with E-state index in [2.05, 4.69) is 29.6 Å². The van der Waals surface area contributed by atoms with Crippen LogP contribution < -0.4 is 5.32 Å². The van der Waals surface area contributed by atoms with Crippen molar-refractivity contribution < 1.29 is 19.1 Å². The molecule has 0 heterocycles. The molecule has 5 nitrogen and oxygen atoms in total. The summed E-state index contributed by atoms with van der Waals surface area (Å²) in [6.07, 6.45) is -1.03. The standard InChI is InChI=1S/C39H35NO4/c1-26-16-20-29(21-17-26)37(30-22-18-27(2)19-23-30)44-38(41)36(24-28-10-4-3-5-11-28)40-39(42)43-25-35-33-14-8-6-12-31(33)32-13-7-9-15-34(32)35/h3-23,35-37H,24-25H2,1-2H3,(H,40,42)/t36-/m0/s1. The molecule has 5 aromatic rings. The second-order valence-corrected chi connectivity index (χ2v) is 11.4. The molecular weight excluding hydrogens is 546 g/mol. The molecule has 1 N–H and O–H groups in total. The maximum absolute atomic E-state index is 13.9. The highest BCUT2D eigenvalue weighted by Crippen LogP contribution is 2.44. The minimum Gasteiger partial charge on any atom is -0.451 e. The third kappa shape index (κ3) is 6.42. The number of carbonyl (C=O) groups is 2. The SMILES string of the molecule is Cc1ccc(C(OC(=O)[C@H](Cc2ccccc2)NC(=O)OCC2c3ccccc3-c3ccccc32)c2ccc(C)cc2)cc1. The van der Waals surface area contributed by atoms with Gasteiger partial charge in [-0.25, -0.2) is 9.59 Å². The summed E-state index contributed by atoms with van der Waals surface area (Å²) in [5, 5.41) is 2.83. The largest absolute Gasteiger partial charge is 0.451 e. The maximum atomic E-state index is 13.9. The maximum Gasteiger partial charge on any atom is 0.407 e. The molecule has 0 unspecified atom stereocenters. The van der Waals surface area contributed by atoms with Gasteiger partial charge in [0.25, 0.3) is 0 Å². The van der Waals surface area contributed by atoms with Gasteiger partial charge >= 0.3 is 12.1 Å². The summed E-state index contributed by atoms with van der Waals surface area (Å²) in [4.78, 5) is 27.2. The van der Waals surface area contributed by atoms with E-state index in [9.17, 15) is 9.59 Å². The summed E-state index contributed by atoms with van der Waals surface area (Å²) in [5.41, 5.74) is 9.39. The van der Waals surface area contributed by atoms with Crippen LogP contribution in [-0.2, 0) is 20.7 Å². The van der Waals surface area contributed by atoms with Gasteiger partial charge in [-0.05, 0) is 52.8 Å². The molecule has 0 bridgehead atoms. The van der Waals surface area contributed by atoms with Gasteiger partial charge in [-0.1, -0.05) is 139 Å². The fourth-order valence-electron chi connectivity index (χ4n) is 5.83. The Morgan fingerprint density at radius 3 is 1.70 bits per heavy atom. The molecule has 0 spiro atoms. The molecule has 1 atom stereocenters. The zero-order valence-electron chi connectivity index (χ0n) is 24.9. The van der Waals surface area contributed by atoms with E-state index in [0.717, 1.165) is 50.1 Å². The first-order chi connectivity index (χ1) is 21.5. The van der Waals surface area contributed by atoms with Crippen LogP contribution in [0, 0.1) is 13.8 Å². The number of esters is 1. The first-order valence-electron chi connectivity index (χ1n) is 15.0. The average Bonchev–Trinajstić information content (AvgIpc) is 3.37. The summed E-state index contributed by atoms with van der Waals surface area (Å²) < 4.78 is 12.0. The summed E-state index contributed by atoms with van der Waals surface area (Å²) in [5.74, 6) is -0.617. The Hall–Kier alpha value is -5.16. The topological polar surface area (TPSA) is 64.6 Å². The molecule has 0 aromatic heterocycles. The normalized spacial score (nSPS) is 12.7. The lowest BCUT2D eigenvalue weighted by Gasteiger charge is -2.24. The van der Waals surface area contributed by atoms with Crippen molar-refractivity contribution in [2.75, 3.05) is 6.61 Å². The molecule has 1 amide bonds. The van der Waals surface area contributed by atoms with Crippen LogP contribution in [0.4, 0.5) is 4.79 Å². The lowest BCUT2D eigenvalue weighted by molar-refractivity contribution is -0.150. The van der Waals surface area contributed by atoms with E-state index in [-0.39, 0.29) is 18.9 Å². The van der Waals surface area contributed by atoms with Crippen molar-refractivity contribution in [3.8, 4) is 11.1 Å². The van der Waals surface area contributed by atoms with Crippen molar-refractivity contribution in [3.05, 3.63) is 166 Å². The molecule has 0 radical (unpaired) electrons. The molecule has 0 saturated heterocycles. The molecule has 0 fully saturated rings. The molecular formula is C39H35NO4. The minimum atomic E-state index is -0.952. The van der Waals surface area contributed by atoms with Crippen LogP contribution in [0.1, 0.15) is 51.0 Å². The van der Waals surface area contributed by atoms with Crippen LogP contribution in [0.3, 0.4) is 0 Å². The number of hydrogen-bond donors (Lipinski definition) is 1. The predicted molar refractivity (Wildman–Crippen MR) is 172 cm³/mol. The van der Waals surface area contributed by atoms with Crippen LogP contribution in [0.2, 0.25) is 0 Å². The van der Waals surface area contributed by atoms with Crippen molar-refractivity contribution in [2.45, 2.75) is 38.3 Å². The summed E-state index contributed by atoms with van der Waals surface area (Å²) in [6, 6.07) is 40.9. The Balaban J connectivity index is 1.21. The molecule has 1 aliphatic rings. The number of fused-ring (bicyclic) bond motifs is 3. The second-order valence-electron chi connectivity index (χ2n) is 11.4. The van der Waals surface area contributed by atoms with Crippen LogP contribution >= 0.6 is 0 Å². The fourth-order valence-corrected chi connectivity index (χ4v) is 5.83. The molecule has 1 aliphatic carbocycles. The van der Waals surface area contributed by atoms with E-state index >= 15 is 0 Å². The highest BCUT2D eigenvalue weighted by molar-refractivity contribution is 5.82. The van der Waals surface area contributed by atoms with Crippen LogP contribution in [0.25, 0.3) is 11.1 Å². The van der Waals surface area contributed by atoms with Crippen molar-refractivity contribution >= 4 is 12.1 Å². The Kier molecular flexibility index (Phi) is 8.55. The van der Waals surface area contributed by atoms with Crippen molar-refractivity contribution in [2.24, 2.45) is 0 Å². The van der Waals surface area contributed by atoms with E-state index in [1.165, 1.54) is 0 Å². The second kappa shape index (κ2) is 13.0. The molecule has 44 heavy (non-hydrogen) atoms. The van der Waals surface area contributed by atoms with Gasteiger partial charge in [0.05, 0.1) is 0 Å². The van der Waals surface area contributed by atoms with Gasteiger partial charge in [0.2, 0.25) is 0 Å². The average molecular weight is 582 g/mol. The third-order valence-electron chi connectivity index (χ3n) is 8.20. The number of benzene rings is 5. The van der Waals surface area contributed by atoms with E-state index < -0.39 is 24.2 Å². The van der Waals surface area contributed by atoms with Gasteiger partial charge < -0.3 is 14.8 Å². The van der Waals surface area contributed by atoms with Gasteiger partial charge in [0.15, 0.2) is 6.10 Å². The first-order valence-corrected chi connectivity index (χ1v) is 15.0. The highest BCUT2D eigenvalue weighted by atomic mass is 16.6. The number of rotatable bonds is 9. The monoisotopic (exact) mass is 581 g/mol. The van der Waals surface area contributed by atoms with Crippen molar-refractivity contribution in [1.29, 1.82) is 0 Å². The van der Waals surface area contributed by atoms with Gasteiger partial charge in [-0.2, -0.15) is 0 Å². The van der Waals surface area contributed by atoms with Crippen LogP contribution in [0.5, 0.6) is 0 Å². The lowest BCUT2D eigenvalue weighted by Crippen LogP contribution is -2.44. The molecule has 220 valence electrons. The van der Waals surface area contributed by atoms with Crippen LogP contribution in [0.15, 0.2) is 127 Å². The number of amides is 1. The Bertz CT molecular complexity index is 1650. The Morgan fingerprint density at radius 2 is 1.16 bits per heavy atom. The number of carbonyl (C=O) groups excluding carboxylic acids is 2. The van der Waals surface area contributed by atoms with E-state index in [0.29, 0.717) is 0 Å². The van der Waals surface area contributed by atoms with Gasteiger partial charge in [-0.3, -0.25) is 0 Å². The van der Waals surface area contributed by atoms with Crippen LogP contribution in [-0.4, -0.2) is 24.7 Å². The Morgan fingerprint density at radius 1 is 0.659 bits per heavy atom. The van der Waals surface area contributed by atoms with Crippen molar-refractivity contribution in [1.82, 2.24) is 5.32 Å². The van der Waals surface area contributed by atoms with E-state index in [1.54, 1.807) is 0 Å². The van der Waals surface area contributed by atoms with Crippen molar-refractivity contribution in [3.63, 3.8) is 0 Å². The zero-order valence-corrected chi connectivity index (χ0v) is 24.9. The smallest absolute Gasteiger partial charge is 0.407 e. The molecule has 0 saturated carbocycles. The first kappa shape index (κ1) is 28.9. The number of nitrogens with one attached hydrogen (secondary N) is 1. The summed E-state index contributed by atoms with van der Waals surface area (Å²) in [7, 11) is 0. The fraction of sp³-hybridized carbons (Fsp3) is 0.179. The molecule has 5 aromatic carbocycles. The van der Waals surface area contributed by atoms with Gasteiger partial charge in [0, 0.05) is 12.3 Å². The van der Waals surface area contributed by atoms with E-state index in [1.807, 2.05) is 117 Å². The number of ether oxygens (including phenoxy) is 2. The molecule has 6 rings (SSSR count). The summed E-state index contributed by atoms with van der Waals surface area (Å²) in [6.45, 7) is 4.19. The number of alkyl carbamates (subject to hydrolysis) is 1.